The maximum absolute atomic E-state index is 11.5. The number of aliphatic carboxylic acids is 1. The van der Waals surface area contributed by atoms with Crippen molar-refractivity contribution < 1.29 is 19.4 Å². The van der Waals surface area contributed by atoms with E-state index in [4.69, 9.17) is 4.74 Å². The van der Waals surface area contributed by atoms with Crippen molar-refractivity contribution >= 4 is 23.6 Å². The van der Waals surface area contributed by atoms with Gasteiger partial charge in [0.05, 0.1) is 18.8 Å². The van der Waals surface area contributed by atoms with Gasteiger partial charge in [0.1, 0.15) is 5.75 Å². The zero-order valence-corrected chi connectivity index (χ0v) is 12.4. The molecule has 20 heavy (non-hydrogen) atoms. The first-order chi connectivity index (χ1) is 9.52. The molecule has 0 fully saturated rings. The molecule has 0 aromatic heterocycles. The molecule has 5 nitrogen and oxygen atoms in total. The molecule has 0 aliphatic rings. The molecule has 1 N–H and O–H groups in total. The van der Waals surface area contributed by atoms with Crippen molar-refractivity contribution in [3.05, 3.63) is 29.8 Å². The number of carbonyl (C=O) groups is 2. The Bertz CT molecular complexity index is 447. The van der Waals surface area contributed by atoms with Gasteiger partial charge in [-0.1, -0.05) is 12.1 Å². The van der Waals surface area contributed by atoms with E-state index in [0.717, 1.165) is 29.5 Å². The molecule has 0 radical (unpaired) electrons. The molecule has 1 aromatic carbocycles. The number of methoxy groups -OCH3 is 1. The summed E-state index contributed by atoms with van der Waals surface area (Å²) in [5.74, 6) is -0.402. The van der Waals surface area contributed by atoms with Gasteiger partial charge in [0.25, 0.3) is 0 Å². The number of hydrogen-bond acceptors (Lipinski definition) is 5. The van der Waals surface area contributed by atoms with Crippen LogP contribution in [0.1, 0.15) is 12.5 Å². The zero-order valence-electron chi connectivity index (χ0n) is 11.5. The van der Waals surface area contributed by atoms with Crippen LogP contribution in [-0.4, -0.2) is 36.5 Å². The van der Waals surface area contributed by atoms with Crippen LogP contribution in [0.15, 0.2) is 24.3 Å². The van der Waals surface area contributed by atoms with E-state index in [2.05, 4.69) is 5.32 Å². The van der Waals surface area contributed by atoms with E-state index < -0.39 is 11.2 Å². The van der Waals surface area contributed by atoms with E-state index in [1.165, 1.54) is 6.92 Å². The molecule has 0 spiro atoms. The normalized spacial score (nSPS) is 11.7. The number of amides is 1. The maximum Gasteiger partial charge on any atom is 0.230 e. The number of nitrogens with one attached hydrogen (secondary N) is 1. The molecule has 0 unspecified atom stereocenters. The van der Waals surface area contributed by atoms with Crippen LogP contribution in [0.2, 0.25) is 0 Å². The molecule has 0 saturated heterocycles. The molecular weight excluding hydrogens is 278 g/mol. The quantitative estimate of drug-likeness (QED) is 0.743. The number of benzene rings is 1. The smallest absolute Gasteiger partial charge is 0.230 e. The van der Waals surface area contributed by atoms with E-state index in [1.54, 1.807) is 7.11 Å². The van der Waals surface area contributed by atoms with Crippen LogP contribution >= 0.6 is 11.8 Å². The van der Waals surface area contributed by atoms with Crippen LogP contribution < -0.4 is 15.2 Å². The van der Waals surface area contributed by atoms with Gasteiger partial charge >= 0.3 is 0 Å². The average Bonchev–Trinajstić information content (AvgIpc) is 2.45. The van der Waals surface area contributed by atoms with E-state index in [-0.39, 0.29) is 11.7 Å². The monoisotopic (exact) mass is 296 g/mol. The van der Waals surface area contributed by atoms with Gasteiger partial charge in [-0.15, -0.1) is 11.8 Å². The minimum Gasteiger partial charge on any atom is -0.549 e. The van der Waals surface area contributed by atoms with Crippen molar-refractivity contribution in [3.8, 4) is 5.75 Å². The van der Waals surface area contributed by atoms with E-state index >= 15 is 0 Å². The molecule has 0 saturated carbocycles. The van der Waals surface area contributed by atoms with Crippen molar-refractivity contribution in [2.24, 2.45) is 0 Å². The summed E-state index contributed by atoms with van der Waals surface area (Å²) < 4.78 is 5.06. The summed E-state index contributed by atoms with van der Waals surface area (Å²) in [7, 11) is 1.61. The van der Waals surface area contributed by atoms with Gasteiger partial charge in [-0.3, -0.25) is 4.79 Å². The Labute approximate surface area is 122 Å². The standard InChI is InChI=1S/C14H19NO4S/c1-10(14(17)18)20-9-13(16)15-8-7-11-3-5-12(19-2)6-4-11/h3-6,10H,7-9H2,1-2H3,(H,15,16)(H,17,18)/p-1/t10-/m0/s1. The molecule has 0 bridgehead atoms. The molecule has 110 valence electrons. The molecule has 0 heterocycles. The van der Waals surface area contributed by atoms with Gasteiger partial charge in [0.15, 0.2) is 0 Å². The predicted molar refractivity (Wildman–Crippen MR) is 76.6 cm³/mol. The Morgan fingerprint density at radius 1 is 1.35 bits per heavy atom. The Hall–Kier alpha value is -1.69. The third-order valence-corrected chi connectivity index (χ3v) is 3.81. The number of carboxylic acid groups (broad SMARTS) is 1. The first-order valence-corrected chi connectivity index (χ1v) is 7.30. The van der Waals surface area contributed by atoms with E-state index in [0.29, 0.717) is 6.54 Å². The minimum absolute atomic E-state index is 0.123. The highest BCUT2D eigenvalue weighted by molar-refractivity contribution is 8.01. The van der Waals surface area contributed by atoms with Crippen molar-refractivity contribution in [3.63, 3.8) is 0 Å². The number of hydrogen-bond donors (Lipinski definition) is 1. The number of carboxylic acids is 1. The maximum atomic E-state index is 11.5. The first-order valence-electron chi connectivity index (χ1n) is 6.25. The van der Waals surface area contributed by atoms with Gasteiger partial charge in [-0.05, 0) is 31.0 Å². The van der Waals surface area contributed by atoms with Crippen molar-refractivity contribution in [1.82, 2.24) is 5.32 Å². The Morgan fingerprint density at radius 2 is 2.00 bits per heavy atom. The predicted octanol–water partition coefficient (Wildman–Crippen LogP) is 0.226. The second-order valence-electron chi connectivity index (χ2n) is 4.22. The summed E-state index contributed by atoms with van der Waals surface area (Å²) in [4.78, 5) is 22.0. The number of ether oxygens (including phenoxy) is 1. The fourth-order valence-corrected chi connectivity index (χ4v) is 2.10. The highest BCUT2D eigenvalue weighted by Gasteiger charge is 2.07. The minimum atomic E-state index is -1.15. The van der Waals surface area contributed by atoms with Crippen LogP contribution in [0, 0.1) is 0 Å². The Kier molecular flexibility index (Phi) is 6.93. The highest BCUT2D eigenvalue weighted by Crippen LogP contribution is 2.11. The molecule has 0 aliphatic carbocycles. The van der Waals surface area contributed by atoms with Crippen LogP contribution in [0.4, 0.5) is 0 Å². The van der Waals surface area contributed by atoms with Crippen LogP contribution in [0.25, 0.3) is 0 Å². The largest absolute Gasteiger partial charge is 0.549 e. The van der Waals surface area contributed by atoms with Crippen molar-refractivity contribution in [2.75, 3.05) is 19.4 Å². The Morgan fingerprint density at radius 3 is 2.55 bits per heavy atom. The third-order valence-electron chi connectivity index (χ3n) is 2.69. The summed E-state index contributed by atoms with van der Waals surface area (Å²) in [5, 5.41) is 12.6. The molecular formula is C14H18NO4S-. The van der Waals surface area contributed by atoms with Gasteiger partial charge in [0, 0.05) is 11.8 Å². The molecule has 0 aliphatic heterocycles. The lowest BCUT2D eigenvalue weighted by molar-refractivity contribution is -0.304. The molecule has 6 heteroatoms. The van der Waals surface area contributed by atoms with Crippen LogP contribution in [0.3, 0.4) is 0 Å². The second-order valence-corrected chi connectivity index (χ2v) is 5.55. The zero-order chi connectivity index (χ0) is 15.0. The molecule has 1 atom stereocenters. The molecule has 1 rings (SSSR count). The third kappa shape index (κ3) is 5.97. The summed E-state index contributed by atoms with van der Waals surface area (Å²) in [5.41, 5.74) is 1.10. The molecule has 1 amide bonds. The van der Waals surface area contributed by atoms with E-state index in [9.17, 15) is 14.7 Å². The fraction of sp³-hybridized carbons (Fsp3) is 0.429. The lowest BCUT2D eigenvalue weighted by Gasteiger charge is -2.11. The fourth-order valence-electron chi connectivity index (χ4n) is 1.46. The lowest BCUT2D eigenvalue weighted by atomic mass is 10.1. The van der Waals surface area contributed by atoms with Gasteiger partial charge in [0.2, 0.25) is 5.91 Å². The van der Waals surface area contributed by atoms with Gasteiger partial charge < -0.3 is 20.0 Å². The van der Waals surface area contributed by atoms with Gasteiger partial charge in [-0.25, -0.2) is 0 Å². The summed E-state index contributed by atoms with van der Waals surface area (Å²) in [6.45, 7) is 2.02. The molecule has 1 aromatic rings. The summed E-state index contributed by atoms with van der Waals surface area (Å²) in [6, 6.07) is 7.62. The first kappa shape index (κ1) is 16.4. The topological polar surface area (TPSA) is 78.5 Å². The van der Waals surface area contributed by atoms with Crippen LogP contribution in [0.5, 0.6) is 5.75 Å². The van der Waals surface area contributed by atoms with Crippen molar-refractivity contribution in [1.29, 1.82) is 0 Å². The average molecular weight is 296 g/mol. The second kappa shape index (κ2) is 8.47. The SMILES string of the molecule is COc1ccc(CCNC(=O)CS[C@@H](C)C(=O)[O-])cc1. The van der Waals surface area contributed by atoms with Gasteiger partial charge in [-0.2, -0.15) is 0 Å². The number of thioether (sulfide) groups is 1. The number of rotatable bonds is 8. The summed E-state index contributed by atoms with van der Waals surface area (Å²) >= 11 is 1.05. The lowest BCUT2D eigenvalue weighted by Crippen LogP contribution is -2.33. The Balaban J connectivity index is 2.22. The highest BCUT2D eigenvalue weighted by atomic mass is 32.2. The number of carbonyl (C=O) groups excluding carboxylic acids is 2. The van der Waals surface area contributed by atoms with Crippen molar-refractivity contribution in [2.45, 2.75) is 18.6 Å². The van der Waals surface area contributed by atoms with E-state index in [1.807, 2.05) is 24.3 Å². The summed E-state index contributed by atoms with van der Waals surface area (Å²) in [6.07, 6.45) is 0.719. The van der Waals surface area contributed by atoms with Crippen LogP contribution in [-0.2, 0) is 16.0 Å².